The lowest BCUT2D eigenvalue weighted by molar-refractivity contribution is 0.719. The average molecular weight is 249 g/mol. The van der Waals surface area contributed by atoms with Gasteiger partial charge in [-0.1, -0.05) is 16.8 Å². The van der Waals surface area contributed by atoms with Crippen molar-refractivity contribution < 1.29 is 0 Å². The van der Waals surface area contributed by atoms with Gasteiger partial charge in [0.1, 0.15) is 6.33 Å². The second kappa shape index (κ2) is 3.53. The molecule has 0 aliphatic rings. The molecule has 86 valence electrons. The highest BCUT2D eigenvalue weighted by atomic mass is 35.5. The Morgan fingerprint density at radius 2 is 2.18 bits per heavy atom. The summed E-state index contributed by atoms with van der Waals surface area (Å²) in [5.41, 5.74) is 3.56. The highest BCUT2D eigenvalue weighted by Crippen LogP contribution is 2.27. The first kappa shape index (κ1) is 10.2. The summed E-state index contributed by atoms with van der Waals surface area (Å²) in [6, 6.07) is 1.80. The van der Waals surface area contributed by atoms with Gasteiger partial charge < -0.3 is 0 Å². The number of imidazole rings is 1. The summed E-state index contributed by atoms with van der Waals surface area (Å²) >= 11 is 5.99. The van der Waals surface area contributed by atoms with E-state index in [-0.39, 0.29) is 0 Å². The Morgan fingerprint density at radius 3 is 2.88 bits per heavy atom. The van der Waals surface area contributed by atoms with E-state index in [1.807, 2.05) is 14.0 Å². The van der Waals surface area contributed by atoms with Crippen LogP contribution < -0.4 is 0 Å². The van der Waals surface area contributed by atoms with Crippen molar-refractivity contribution in [2.45, 2.75) is 6.92 Å². The molecule has 6 nitrogen and oxygen atoms in total. The van der Waals surface area contributed by atoms with Crippen LogP contribution in [-0.2, 0) is 7.05 Å². The Hall–Kier alpha value is -1.95. The molecule has 3 rings (SSSR count). The molecule has 0 radical (unpaired) electrons. The van der Waals surface area contributed by atoms with E-state index in [1.165, 1.54) is 0 Å². The summed E-state index contributed by atoms with van der Waals surface area (Å²) in [5.74, 6) is 0. The van der Waals surface area contributed by atoms with Gasteiger partial charge in [-0.25, -0.2) is 14.2 Å². The Balaban J connectivity index is 2.40. The van der Waals surface area contributed by atoms with Gasteiger partial charge >= 0.3 is 0 Å². The minimum atomic E-state index is 0.408. The molecule has 0 bridgehead atoms. The van der Waals surface area contributed by atoms with E-state index in [4.69, 9.17) is 11.6 Å². The first-order valence-electron chi connectivity index (χ1n) is 5.02. The van der Waals surface area contributed by atoms with Gasteiger partial charge in [-0.15, -0.1) is 5.10 Å². The largest absolute Gasteiger partial charge is 0.247 e. The van der Waals surface area contributed by atoms with Gasteiger partial charge in [-0.2, -0.15) is 5.10 Å². The van der Waals surface area contributed by atoms with E-state index in [1.54, 1.807) is 27.8 Å². The Labute approximate surface area is 102 Å². The van der Waals surface area contributed by atoms with E-state index in [2.05, 4.69) is 20.4 Å². The van der Waals surface area contributed by atoms with Crippen molar-refractivity contribution in [2.75, 3.05) is 0 Å². The van der Waals surface area contributed by atoms with Crippen molar-refractivity contribution in [3.8, 4) is 11.3 Å². The summed E-state index contributed by atoms with van der Waals surface area (Å²) < 4.78 is 3.36. The molecular weight excluding hydrogens is 240 g/mol. The summed E-state index contributed by atoms with van der Waals surface area (Å²) in [6.45, 7) is 1.91. The summed E-state index contributed by atoms with van der Waals surface area (Å²) in [4.78, 5) is 4.06. The van der Waals surface area contributed by atoms with E-state index in [0.717, 1.165) is 22.5 Å². The molecular formula is C10H9ClN6. The quantitative estimate of drug-likeness (QED) is 0.655. The number of rotatable bonds is 1. The molecule has 0 N–H and O–H groups in total. The molecule has 0 aliphatic heterocycles. The Kier molecular flexibility index (Phi) is 2.12. The minimum absolute atomic E-state index is 0.408. The van der Waals surface area contributed by atoms with Crippen molar-refractivity contribution in [1.82, 2.24) is 29.6 Å². The number of aromatic nitrogens is 6. The van der Waals surface area contributed by atoms with E-state index in [9.17, 15) is 0 Å². The first-order valence-corrected chi connectivity index (χ1v) is 5.40. The normalized spacial score (nSPS) is 11.2. The molecule has 0 amide bonds. The van der Waals surface area contributed by atoms with Crippen LogP contribution in [0.15, 0.2) is 18.6 Å². The first-order chi connectivity index (χ1) is 8.16. The Morgan fingerprint density at radius 1 is 1.35 bits per heavy atom. The van der Waals surface area contributed by atoms with Gasteiger partial charge in [0.2, 0.25) is 0 Å². The maximum atomic E-state index is 5.99. The van der Waals surface area contributed by atoms with Crippen molar-refractivity contribution in [2.24, 2.45) is 7.05 Å². The molecule has 17 heavy (non-hydrogen) atoms. The predicted octanol–water partition coefficient (Wildman–Crippen LogP) is 1.49. The molecule has 0 aliphatic carbocycles. The predicted molar refractivity (Wildman–Crippen MR) is 62.7 cm³/mol. The summed E-state index contributed by atoms with van der Waals surface area (Å²) in [6.07, 6.45) is 3.36. The van der Waals surface area contributed by atoms with Crippen molar-refractivity contribution >= 4 is 17.1 Å². The zero-order valence-electron chi connectivity index (χ0n) is 9.29. The van der Waals surface area contributed by atoms with Crippen molar-refractivity contribution in [3.05, 3.63) is 29.4 Å². The average Bonchev–Trinajstić information content (AvgIpc) is 2.85. The second-order valence-corrected chi connectivity index (χ2v) is 4.14. The molecule has 0 saturated carbocycles. The van der Waals surface area contributed by atoms with Crippen LogP contribution in [0.4, 0.5) is 0 Å². The van der Waals surface area contributed by atoms with E-state index >= 15 is 0 Å². The van der Waals surface area contributed by atoms with Gasteiger partial charge in [0.05, 0.1) is 23.1 Å². The molecule has 0 aromatic carbocycles. The van der Waals surface area contributed by atoms with Crippen LogP contribution in [-0.4, -0.2) is 29.6 Å². The van der Waals surface area contributed by atoms with Gasteiger partial charge in [0.15, 0.2) is 5.15 Å². The third-order valence-corrected chi connectivity index (χ3v) is 2.80. The van der Waals surface area contributed by atoms with E-state index in [0.29, 0.717) is 5.15 Å². The van der Waals surface area contributed by atoms with Gasteiger partial charge in [0.25, 0.3) is 0 Å². The third-order valence-electron chi connectivity index (χ3n) is 2.61. The van der Waals surface area contributed by atoms with Crippen LogP contribution in [0.5, 0.6) is 0 Å². The molecule has 0 unspecified atom stereocenters. The number of hydrogen-bond acceptors (Lipinski definition) is 4. The molecule has 0 spiro atoms. The van der Waals surface area contributed by atoms with E-state index < -0.39 is 0 Å². The number of aryl methyl sites for hydroxylation is 2. The molecule has 3 aromatic heterocycles. The lowest BCUT2D eigenvalue weighted by Gasteiger charge is -2.05. The van der Waals surface area contributed by atoms with Crippen LogP contribution in [0, 0.1) is 6.92 Å². The van der Waals surface area contributed by atoms with Crippen LogP contribution in [0.25, 0.3) is 16.8 Å². The number of fused-ring (bicyclic) bond motifs is 1. The third kappa shape index (κ3) is 1.49. The molecule has 3 heterocycles. The van der Waals surface area contributed by atoms with Gasteiger partial charge in [-0.3, -0.25) is 0 Å². The summed E-state index contributed by atoms with van der Waals surface area (Å²) in [7, 11) is 1.84. The number of nitrogens with zero attached hydrogens (tertiary/aromatic N) is 6. The molecule has 7 heteroatoms. The zero-order valence-corrected chi connectivity index (χ0v) is 10.0. The lowest BCUT2D eigenvalue weighted by Crippen LogP contribution is -1.98. The van der Waals surface area contributed by atoms with Gasteiger partial charge in [0, 0.05) is 12.6 Å². The van der Waals surface area contributed by atoms with Gasteiger partial charge in [-0.05, 0) is 13.0 Å². The fraction of sp³-hybridized carbons (Fsp3) is 0.200. The zero-order chi connectivity index (χ0) is 12.0. The monoisotopic (exact) mass is 248 g/mol. The maximum absolute atomic E-state index is 5.99. The van der Waals surface area contributed by atoms with Crippen LogP contribution in [0.1, 0.15) is 5.69 Å². The molecule has 3 aromatic rings. The SMILES string of the molecule is Cc1nnn(C)c1-c1cc(Cl)nn2cncc12. The lowest BCUT2D eigenvalue weighted by atomic mass is 10.1. The maximum Gasteiger partial charge on any atom is 0.150 e. The number of halogens is 1. The number of hydrogen-bond donors (Lipinski definition) is 0. The topological polar surface area (TPSA) is 60.9 Å². The fourth-order valence-corrected chi connectivity index (χ4v) is 2.10. The van der Waals surface area contributed by atoms with Crippen molar-refractivity contribution in [1.29, 1.82) is 0 Å². The standard InChI is InChI=1S/C10H9ClN6/c1-6-10(16(2)15-13-6)7-3-9(11)14-17-5-12-4-8(7)17/h3-5H,1-2H3. The highest BCUT2D eigenvalue weighted by Gasteiger charge is 2.14. The summed E-state index contributed by atoms with van der Waals surface area (Å²) in [5, 5.41) is 12.6. The van der Waals surface area contributed by atoms with Crippen LogP contribution in [0.3, 0.4) is 0 Å². The fourth-order valence-electron chi connectivity index (χ4n) is 1.91. The van der Waals surface area contributed by atoms with Crippen molar-refractivity contribution in [3.63, 3.8) is 0 Å². The smallest absolute Gasteiger partial charge is 0.150 e. The molecule has 0 fully saturated rings. The molecule has 0 saturated heterocycles. The highest BCUT2D eigenvalue weighted by molar-refractivity contribution is 6.29. The second-order valence-electron chi connectivity index (χ2n) is 3.75. The Bertz CT molecular complexity index is 678. The van der Waals surface area contributed by atoms with Crippen LogP contribution >= 0.6 is 11.6 Å². The minimum Gasteiger partial charge on any atom is -0.247 e. The van der Waals surface area contributed by atoms with Crippen LogP contribution in [0.2, 0.25) is 5.15 Å². The molecule has 0 atom stereocenters.